The van der Waals surface area contributed by atoms with Crippen LogP contribution >= 0.6 is 0 Å². The summed E-state index contributed by atoms with van der Waals surface area (Å²) in [4.78, 5) is 12.6. The zero-order chi connectivity index (χ0) is 19.2. The Bertz CT molecular complexity index is 894. The van der Waals surface area contributed by atoms with Crippen molar-refractivity contribution in [2.45, 2.75) is 19.4 Å². The second-order valence-electron chi connectivity index (χ2n) is 5.65. The largest absolute Gasteiger partial charge is 0.497 e. The summed E-state index contributed by atoms with van der Waals surface area (Å²) < 4.78 is 28.5. The molecule has 0 bridgehead atoms. The number of benzene rings is 2. The van der Waals surface area contributed by atoms with Crippen molar-refractivity contribution in [2.24, 2.45) is 0 Å². The summed E-state index contributed by atoms with van der Waals surface area (Å²) in [6.07, 6.45) is -0.373. The first-order valence-corrected chi connectivity index (χ1v) is 8.30. The van der Waals surface area contributed by atoms with Crippen LogP contribution in [0.3, 0.4) is 0 Å². The molecule has 1 N–H and O–H groups in total. The van der Waals surface area contributed by atoms with E-state index in [1.54, 1.807) is 38.3 Å². The molecule has 1 aromatic heterocycles. The topological polar surface area (TPSA) is 86.5 Å². The van der Waals surface area contributed by atoms with Crippen molar-refractivity contribution >= 4 is 11.7 Å². The third-order valence-corrected chi connectivity index (χ3v) is 3.85. The minimum absolute atomic E-state index is 0.186. The van der Waals surface area contributed by atoms with Gasteiger partial charge in [-0.05, 0) is 65.3 Å². The van der Waals surface area contributed by atoms with E-state index in [1.807, 2.05) is 0 Å². The van der Waals surface area contributed by atoms with Crippen molar-refractivity contribution in [2.75, 3.05) is 12.4 Å². The van der Waals surface area contributed by atoms with Gasteiger partial charge < -0.3 is 14.8 Å². The number of nitrogens with one attached hydrogen (secondary N) is 1. The van der Waals surface area contributed by atoms with Crippen molar-refractivity contribution in [3.8, 4) is 22.8 Å². The SMILES string of the molecule is CC[C@@H](Oc1ccc(F)cc1)C(=O)Nc1nonc1-c1ccc(OC)cc1. The highest BCUT2D eigenvalue weighted by molar-refractivity contribution is 5.96. The maximum Gasteiger partial charge on any atom is 0.266 e. The minimum Gasteiger partial charge on any atom is -0.497 e. The molecule has 0 aliphatic rings. The standard InChI is InChI=1S/C19H18FN3O4/c1-3-16(26-15-10-6-13(20)7-11-15)19(24)21-18-17(22-27-23-18)12-4-8-14(25-2)9-5-12/h4-11,16H,3H2,1-2H3,(H,21,23,24)/t16-/m1/s1. The molecule has 8 heteroatoms. The molecule has 7 nitrogen and oxygen atoms in total. The lowest BCUT2D eigenvalue weighted by molar-refractivity contribution is -0.122. The van der Waals surface area contributed by atoms with Crippen molar-refractivity contribution < 1.29 is 23.3 Å². The molecule has 0 saturated heterocycles. The molecule has 1 atom stereocenters. The summed E-state index contributed by atoms with van der Waals surface area (Å²) in [6, 6.07) is 12.6. The number of carbonyl (C=O) groups excluding carboxylic acids is 1. The van der Waals surface area contributed by atoms with Gasteiger partial charge in [0.05, 0.1) is 7.11 Å². The summed E-state index contributed by atoms with van der Waals surface area (Å²) in [5.74, 6) is 0.489. The van der Waals surface area contributed by atoms with Gasteiger partial charge in [0.1, 0.15) is 17.3 Å². The van der Waals surface area contributed by atoms with Gasteiger partial charge in [-0.25, -0.2) is 9.02 Å². The lowest BCUT2D eigenvalue weighted by atomic mass is 10.1. The van der Waals surface area contributed by atoms with E-state index in [0.29, 0.717) is 29.2 Å². The van der Waals surface area contributed by atoms with Crippen LogP contribution in [-0.4, -0.2) is 29.4 Å². The monoisotopic (exact) mass is 371 g/mol. The lowest BCUT2D eigenvalue weighted by Gasteiger charge is -2.16. The van der Waals surface area contributed by atoms with Gasteiger partial charge >= 0.3 is 0 Å². The molecule has 27 heavy (non-hydrogen) atoms. The molecule has 3 aromatic rings. The third-order valence-electron chi connectivity index (χ3n) is 3.85. The van der Waals surface area contributed by atoms with E-state index in [-0.39, 0.29) is 11.6 Å². The average molecular weight is 371 g/mol. The van der Waals surface area contributed by atoms with Gasteiger partial charge in [0.25, 0.3) is 5.91 Å². The number of rotatable bonds is 7. The summed E-state index contributed by atoms with van der Waals surface area (Å²) in [5.41, 5.74) is 1.10. The molecule has 0 fully saturated rings. The highest BCUT2D eigenvalue weighted by Crippen LogP contribution is 2.26. The number of hydrogen-bond acceptors (Lipinski definition) is 6. The number of methoxy groups -OCH3 is 1. The second-order valence-corrected chi connectivity index (χ2v) is 5.65. The van der Waals surface area contributed by atoms with E-state index in [1.165, 1.54) is 24.3 Å². The van der Waals surface area contributed by atoms with Gasteiger partial charge in [-0.2, -0.15) is 0 Å². The van der Waals surface area contributed by atoms with Crippen molar-refractivity contribution in [1.82, 2.24) is 10.3 Å². The van der Waals surface area contributed by atoms with Crippen molar-refractivity contribution in [3.05, 3.63) is 54.3 Å². The van der Waals surface area contributed by atoms with Crippen LogP contribution in [0.25, 0.3) is 11.3 Å². The molecule has 0 spiro atoms. The van der Waals surface area contributed by atoms with Crippen LogP contribution < -0.4 is 14.8 Å². The van der Waals surface area contributed by atoms with Gasteiger partial charge in [-0.15, -0.1) is 0 Å². The van der Waals surface area contributed by atoms with Crippen LogP contribution in [0.4, 0.5) is 10.2 Å². The Morgan fingerprint density at radius 3 is 2.41 bits per heavy atom. The van der Waals surface area contributed by atoms with Gasteiger partial charge in [-0.3, -0.25) is 4.79 Å². The number of halogens is 1. The van der Waals surface area contributed by atoms with Gasteiger partial charge in [0.15, 0.2) is 11.8 Å². The molecule has 3 rings (SSSR count). The molecule has 0 aliphatic heterocycles. The summed E-state index contributed by atoms with van der Waals surface area (Å²) >= 11 is 0. The van der Waals surface area contributed by atoms with Gasteiger partial charge in [0.2, 0.25) is 5.82 Å². The molecule has 1 amide bonds. The Balaban J connectivity index is 1.73. The number of anilines is 1. The Morgan fingerprint density at radius 1 is 1.11 bits per heavy atom. The molecule has 0 radical (unpaired) electrons. The second kappa shape index (κ2) is 8.31. The minimum atomic E-state index is -0.782. The number of carbonyl (C=O) groups is 1. The normalized spacial score (nSPS) is 11.7. The molecule has 0 unspecified atom stereocenters. The average Bonchev–Trinajstić information content (AvgIpc) is 3.15. The fourth-order valence-electron chi connectivity index (χ4n) is 2.41. The Labute approximate surface area is 155 Å². The van der Waals surface area contributed by atoms with Crippen LogP contribution in [-0.2, 0) is 4.79 Å². The quantitative estimate of drug-likeness (QED) is 0.682. The van der Waals surface area contributed by atoms with Crippen molar-refractivity contribution in [3.63, 3.8) is 0 Å². The number of hydrogen-bond donors (Lipinski definition) is 1. The fraction of sp³-hybridized carbons (Fsp3) is 0.211. The maximum absolute atomic E-state index is 13.0. The van der Waals surface area contributed by atoms with Gasteiger partial charge in [-0.1, -0.05) is 6.92 Å². The van der Waals surface area contributed by atoms with E-state index in [9.17, 15) is 9.18 Å². The van der Waals surface area contributed by atoms with Crippen LogP contribution in [0.5, 0.6) is 11.5 Å². The van der Waals surface area contributed by atoms with E-state index < -0.39 is 12.0 Å². The zero-order valence-corrected chi connectivity index (χ0v) is 14.8. The number of nitrogens with zero attached hydrogens (tertiary/aromatic N) is 2. The molecule has 140 valence electrons. The molecular weight excluding hydrogens is 353 g/mol. The highest BCUT2D eigenvalue weighted by atomic mass is 19.1. The molecule has 0 aliphatic carbocycles. The Morgan fingerprint density at radius 2 is 1.78 bits per heavy atom. The molecular formula is C19H18FN3O4. The van der Waals surface area contributed by atoms with Crippen LogP contribution in [0.1, 0.15) is 13.3 Å². The molecule has 0 saturated carbocycles. The lowest BCUT2D eigenvalue weighted by Crippen LogP contribution is -2.32. The molecule has 1 heterocycles. The zero-order valence-electron chi connectivity index (χ0n) is 14.8. The third kappa shape index (κ3) is 4.41. The number of aromatic nitrogens is 2. The number of ether oxygens (including phenoxy) is 2. The Hall–Kier alpha value is -3.42. The van der Waals surface area contributed by atoms with E-state index in [0.717, 1.165) is 0 Å². The summed E-state index contributed by atoms with van der Waals surface area (Å²) in [5, 5.41) is 10.3. The van der Waals surface area contributed by atoms with Crippen LogP contribution in [0.15, 0.2) is 53.2 Å². The van der Waals surface area contributed by atoms with Crippen molar-refractivity contribution in [1.29, 1.82) is 0 Å². The van der Waals surface area contributed by atoms with Crippen LogP contribution in [0.2, 0.25) is 0 Å². The summed E-state index contributed by atoms with van der Waals surface area (Å²) in [6.45, 7) is 1.80. The Kier molecular flexibility index (Phi) is 5.65. The summed E-state index contributed by atoms with van der Waals surface area (Å²) in [7, 11) is 1.57. The maximum atomic E-state index is 13.0. The fourth-order valence-corrected chi connectivity index (χ4v) is 2.41. The first kappa shape index (κ1) is 18.4. The van der Waals surface area contributed by atoms with E-state index in [4.69, 9.17) is 14.1 Å². The van der Waals surface area contributed by atoms with E-state index in [2.05, 4.69) is 15.6 Å². The van der Waals surface area contributed by atoms with E-state index >= 15 is 0 Å². The highest BCUT2D eigenvalue weighted by Gasteiger charge is 2.22. The predicted octanol–water partition coefficient (Wildman–Crippen LogP) is 3.68. The first-order valence-electron chi connectivity index (χ1n) is 8.30. The number of amides is 1. The van der Waals surface area contributed by atoms with Gasteiger partial charge in [0, 0.05) is 5.56 Å². The molecule has 2 aromatic carbocycles. The van der Waals surface area contributed by atoms with Crippen LogP contribution in [0, 0.1) is 5.82 Å². The smallest absolute Gasteiger partial charge is 0.266 e. The first-order chi connectivity index (χ1) is 13.1. The predicted molar refractivity (Wildman–Crippen MR) is 96.0 cm³/mol.